The summed E-state index contributed by atoms with van der Waals surface area (Å²) in [5.41, 5.74) is 3.08. The van der Waals surface area contributed by atoms with Gasteiger partial charge in [-0.1, -0.05) is 30.3 Å². The van der Waals surface area contributed by atoms with Crippen molar-refractivity contribution in [1.29, 1.82) is 5.41 Å². The van der Waals surface area contributed by atoms with Gasteiger partial charge in [-0.2, -0.15) is 11.3 Å². The highest BCUT2D eigenvalue weighted by atomic mass is 32.1. The molecule has 1 aliphatic heterocycles. The Bertz CT molecular complexity index is 1570. The number of carbonyl (C=O) groups excluding carboxylic acids is 4. The molecule has 5 rings (SSSR count). The summed E-state index contributed by atoms with van der Waals surface area (Å²) in [5.74, 6) is -0.546. The van der Waals surface area contributed by atoms with Crippen LogP contribution in [0.4, 0.5) is 10.5 Å². The van der Waals surface area contributed by atoms with Gasteiger partial charge < -0.3 is 26.1 Å². The van der Waals surface area contributed by atoms with Gasteiger partial charge in [0.05, 0.1) is 18.7 Å². The maximum absolute atomic E-state index is 13.8. The number of anilines is 1. The van der Waals surface area contributed by atoms with Crippen molar-refractivity contribution in [3.8, 4) is 0 Å². The van der Waals surface area contributed by atoms with Crippen LogP contribution in [-0.2, 0) is 16.0 Å². The van der Waals surface area contributed by atoms with Gasteiger partial charge in [-0.25, -0.2) is 4.79 Å². The van der Waals surface area contributed by atoms with Gasteiger partial charge in [0.25, 0.3) is 5.91 Å². The number of nitrogens with zero attached hydrogens (tertiary/aromatic N) is 1. The third kappa shape index (κ3) is 9.59. The van der Waals surface area contributed by atoms with Gasteiger partial charge in [-0.05, 0) is 91.6 Å². The van der Waals surface area contributed by atoms with E-state index in [1.54, 1.807) is 30.4 Å². The van der Waals surface area contributed by atoms with Crippen molar-refractivity contribution in [1.82, 2.24) is 16.0 Å². The molecule has 1 saturated heterocycles. The second-order valence-electron chi connectivity index (χ2n) is 12.5. The molecule has 3 atom stereocenters. The van der Waals surface area contributed by atoms with Crippen molar-refractivity contribution in [2.24, 2.45) is 11.8 Å². The summed E-state index contributed by atoms with van der Waals surface area (Å²) in [7, 11) is 0. The summed E-state index contributed by atoms with van der Waals surface area (Å²) in [4.78, 5) is 54.0. The number of hydrogen-bond acceptors (Lipinski definition) is 8. The summed E-state index contributed by atoms with van der Waals surface area (Å²) >= 11 is 1.57. The highest BCUT2D eigenvalue weighted by Crippen LogP contribution is 2.28. The zero-order valence-electron chi connectivity index (χ0n) is 26.9. The molecule has 2 aliphatic rings. The number of carbonyl (C=O) groups is 4. The van der Waals surface area contributed by atoms with Crippen LogP contribution in [0.5, 0.6) is 0 Å². The van der Waals surface area contributed by atoms with E-state index < -0.39 is 12.1 Å². The molecule has 10 nitrogen and oxygen atoms in total. The van der Waals surface area contributed by atoms with Crippen LogP contribution in [0.25, 0.3) is 0 Å². The smallest absolute Gasteiger partial charge is 0.414 e. The van der Waals surface area contributed by atoms with E-state index in [4.69, 9.17) is 10.1 Å². The monoisotopic (exact) mass is 657 g/mol. The molecule has 0 unspecified atom stereocenters. The van der Waals surface area contributed by atoms with Gasteiger partial charge in [0.1, 0.15) is 0 Å². The molecule has 0 bridgehead atoms. The summed E-state index contributed by atoms with van der Waals surface area (Å²) < 4.78 is 5.24. The number of rotatable bonds is 16. The first-order chi connectivity index (χ1) is 22.7. The van der Waals surface area contributed by atoms with Crippen molar-refractivity contribution in [3.05, 3.63) is 87.6 Å². The summed E-state index contributed by atoms with van der Waals surface area (Å²) in [6.07, 6.45) is 2.77. The van der Waals surface area contributed by atoms with Crippen molar-refractivity contribution in [3.63, 3.8) is 0 Å². The fraction of sp³-hybridized carbons (Fsp3) is 0.417. The minimum Gasteiger partial charge on any atom is -0.449 e. The third-order valence-corrected chi connectivity index (χ3v) is 9.40. The molecule has 3 aromatic rings. The molecule has 2 aromatic carbocycles. The van der Waals surface area contributed by atoms with Crippen molar-refractivity contribution >= 4 is 46.4 Å². The van der Waals surface area contributed by atoms with Crippen LogP contribution in [0.1, 0.15) is 77.4 Å². The Morgan fingerprint density at radius 3 is 2.53 bits per heavy atom. The van der Waals surface area contributed by atoms with Crippen molar-refractivity contribution in [2.75, 3.05) is 31.1 Å². The molecule has 1 aliphatic carbocycles. The quantitative estimate of drug-likeness (QED) is 0.118. The number of ketones is 1. The number of Topliss-reactive ketones (excluding diaryl/α,β-unsaturated/α-hetero) is 1. The van der Waals surface area contributed by atoms with Gasteiger partial charge in [0.2, 0.25) is 5.91 Å². The van der Waals surface area contributed by atoms with E-state index >= 15 is 0 Å². The molecule has 0 spiro atoms. The lowest BCUT2D eigenvalue weighted by Gasteiger charge is -2.27. The van der Waals surface area contributed by atoms with E-state index in [1.807, 2.05) is 54.1 Å². The topological polar surface area (TPSA) is 141 Å². The Kier molecular flexibility index (Phi) is 11.6. The lowest BCUT2D eigenvalue weighted by Crippen LogP contribution is -2.45. The van der Waals surface area contributed by atoms with E-state index in [0.717, 1.165) is 24.0 Å². The van der Waals surface area contributed by atoms with E-state index in [1.165, 1.54) is 11.0 Å². The molecule has 47 heavy (non-hydrogen) atoms. The Morgan fingerprint density at radius 1 is 1.06 bits per heavy atom. The van der Waals surface area contributed by atoms with Crippen molar-refractivity contribution in [2.45, 2.75) is 58.0 Å². The van der Waals surface area contributed by atoms with Crippen LogP contribution < -0.4 is 20.9 Å². The van der Waals surface area contributed by atoms with Gasteiger partial charge >= 0.3 is 6.09 Å². The number of hydrogen-bond donors (Lipinski definition) is 4. The van der Waals surface area contributed by atoms with Crippen LogP contribution in [0.15, 0.2) is 65.4 Å². The first kappa shape index (κ1) is 34.0. The Balaban J connectivity index is 1.32. The summed E-state index contributed by atoms with van der Waals surface area (Å²) in [5, 5.41) is 22.3. The molecule has 11 heteroatoms. The largest absolute Gasteiger partial charge is 0.449 e. The SMILES string of the molecule is C[C@H](NC[C@H](Cc1ccsc1)C(=N)CC(=O)c1cc(C(=O)N[C@H](C)c2ccccc2)cc(N2CCCOC2=O)c1)C(=O)NCC1CC1. The lowest BCUT2D eigenvalue weighted by molar-refractivity contribution is -0.122. The minimum absolute atomic E-state index is 0.0748. The predicted molar refractivity (Wildman–Crippen MR) is 183 cm³/mol. The second-order valence-corrected chi connectivity index (χ2v) is 13.3. The molecule has 4 N–H and O–H groups in total. The molecule has 1 saturated carbocycles. The van der Waals surface area contributed by atoms with Gasteiger partial charge in [-0.15, -0.1) is 0 Å². The van der Waals surface area contributed by atoms with Crippen LogP contribution in [0, 0.1) is 17.2 Å². The maximum atomic E-state index is 13.8. The Hall–Kier alpha value is -4.35. The van der Waals surface area contributed by atoms with Crippen LogP contribution >= 0.6 is 11.3 Å². The molecular weight excluding hydrogens is 614 g/mol. The number of benzene rings is 2. The van der Waals surface area contributed by atoms with E-state index in [-0.39, 0.29) is 52.8 Å². The summed E-state index contributed by atoms with van der Waals surface area (Å²) in [6.45, 7) is 5.44. The van der Waals surface area contributed by atoms with Crippen LogP contribution in [-0.4, -0.2) is 61.7 Å². The number of nitrogens with one attached hydrogen (secondary N) is 4. The fourth-order valence-electron chi connectivity index (χ4n) is 5.51. The maximum Gasteiger partial charge on any atom is 0.414 e. The zero-order chi connectivity index (χ0) is 33.3. The standard InChI is InChI=1S/C36H43N5O5S/c1-23(27-7-4-3-5-8-27)40-35(44)29-16-28(17-31(18-29)41-12-6-13-46-36(41)45)33(42)19-32(37)30(15-26-11-14-47-22-26)21-38-24(2)34(43)39-20-25-9-10-25/h3-5,7-8,11,14,16-18,22-25,30,37-38H,6,9-10,12-13,15,19-21H2,1-2H3,(H,39,43)(H,40,44)/t23-,24+,30+/m1/s1. The number of cyclic esters (lactones) is 1. The summed E-state index contributed by atoms with van der Waals surface area (Å²) in [6, 6.07) is 15.5. The fourth-order valence-corrected chi connectivity index (χ4v) is 6.19. The van der Waals surface area contributed by atoms with E-state index in [2.05, 4.69) is 16.0 Å². The van der Waals surface area contributed by atoms with Gasteiger partial charge in [-0.3, -0.25) is 19.3 Å². The average molecular weight is 658 g/mol. The van der Waals surface area contributed by atoms with Crippen LogP contribution in [0.3, 0.4) is 0 Å². The normalized spacial score (nSPS) is 16.5. The van der Waals surface area contributed by atoms with Gasteiger partial charge in [0, 0.05) is 54.5 Å². The number of ether oxygens (including phenoxy) is 1. The molecule has 2 fully saturated rings. The van der Waals surface area contributed by atoms with Crippen molar-refractivity contribution < 1.29 is 23.9 Å². The van der Waals surface area contributed by atoms with Crippen LogP contribution in [0.2, 0.25) is 0 Å². The second kappa shape index (κ2) is 16.0. The third-order valence-electron chi connectivity index (χ3n) is 8.66. The molecule has 3 amide bonds. The minimum atomic E-state index is -0.533. The molecule has 0 radical (unpaired) electrons. The van der Waals surface area contributed by atoms with E-state index in [0.29, 0.717) is 50.7 Å². The predicted octanol–water partition coefficient (Wildman–Crippen LogP) is 5.54. The highest BCUT2D eigenvalue weighted by Gasteiger charge is 2.27. The van der Waals surface area contributed by atoms with E-state index in [9.17, 15) is 19.2 Å². The average Bonchev–Trinajstić information content (AvgIpc) is 3.77. The zero-order valence-corrected chi connectivity index (χ0v) is 27.7. The Labute approximate surface area is 279 Å². The number of thiophene rings is 1. The number of amides is 3. The highest BCUT2D eigenvalue weighted by molar-refractivity contribution is 7.07. The first-order valence-corrected chi connectivity index (χ1v) is 17.2. The van der Waals surface area contributed by atoms with Gasteiger partial charge in [0.15, 0.2) is 5.78 Å². The first-order valence-electron chi connectivity index (χ1n) is 16.3. The molecule has 2 heterocycles. The molecule has 248 valence electrons. The lowest BCUT2D eigenvalue weighted by atomic mass is 9.90. The Morgan fingerprint density at radius 2 is 1.83 bits per heavy atom. The molecular formula is C36H43N5O5S. The molecule has 1 aromatic heterocycles.